The molecule has 0 radical (unpaired) electrons. The first-order valence-electron chi connectivity index (χ1n) is 22.7. The highest BCUT2D eigenvalue weighted by Gasteiger charge is 2.22. The van der Waals surface area contributed by atoms with Gasteiger partial charge in [0.25, 0.3) is 0 Å². The fourth-order valence-corrected chi connectivity index (χ4v) is 9.91. The van der Waals surface area contributed by atoms with E-state index < -0.39 is 0 Å². The molecule has 0 aliphatic carbocycles. The molecule has 0 amide bonds. The Kier molecular flexibility index (Phi) is 9.14. The van der Waals surface area contributed by atoms with Gasteiger partial charge in [0.1, 0.15) is 11.2 Å². The van der Waals surface area contributed by atoms with Crippen LogP contribution in [0.4, 0.5) is 0 Å². The van der Waals surface area contributed by atoms with Crippen LogP contribution in [-0.2, 0) is 0 Å². The van der Waals surface area contributed by atoms with Crippen LogP contribution in [-0.4, -0.2) is 15.0 Å². The van der Waals surface area contributed by atoms with E-state index in [1.54, 1.807) is 0 Å². The molecule has 4 heteroatoms. The van der Waals surface area contributed by atoms with Crippen LogP contribution >= 0.6 is 0 Å². The Bertz CT molecular complexity index is 3930. The molecule has 3 heterocycles. The lowest BCUT2D eigenvalue weighted by Crippen LogP contribution is -2.01. The van der Waals surface area contributed by atoms with Gasteiger partial charge in [-0.25, -0.2) is 15.0 Å². The third-order valence-electron chi connectivity index (χ3n) is 13.1. The fraction of sp³-hybridized carbons (Fsp3) is 0. The first kappa shape index (κ1) is 38.5. The summed E-state index contributed by atoms with van der Waals surface area (Å²) in [5.74, 6) is 0.687. The van der Waals surface area contributed by atoms with E-state index in [-0.39, 0.29) is 0 Å². The Balaban J connectivity index is 0.981. The van der Waals surface area contributed by atoms with E-state index in [1.165, 1.54) is 16.2 Å². The molecule has 0 bridgehead atoms. The average Bonchev–Trinajstić information content (AvgIpc) is 3.80. The number of nitrogens with zero attached hydrogens (tertiary/aromatic N) is 3. The number of benzene rings is 10. The number of hydrogen-bond donors (Lipinski definition) is 0. The zero-order chi connectivity index (χ0) is 44.3. The largest absolute Gasteiger partial charge is 0.455 e. The molecule has 4 nitrogen and oxygen atoms in total. The molecule has 13 rings (SSSR count). The second-order valence-electron chi connectivity index (χ2n) is 17.0. The van der Waals surface area contributed by atoms with E-state index in [1.807, 2.05) is 42.5 Å². The second kappa shape index (κ2) is 15.9. The summed E-state index contributed by atoms with van der Waals surface area (Å²) in [6.07, 6.45) is 0. The van der Waals surface area contributed by atoms with Gasteiger partial charge in [0.2, 0.25) is 0 Å². The van der Waals surface area contributed by atoms with Crippen molar-refractivity contribution in [2.45, 2.75) is 0 Å². The molecule has 13 aromatic rings. The number of aromatic nitrogens is 3. The zero-order valence-electron chi connectivity index (χ0n) is 36.3. The summed E-state index contributed by atoms with van der Waals surface area (Å²) in [6, 6.07) is 83.2. The third kappa shape index (κ3) is 6.57. The van der Waals surface area contributed by atoms with E-state index >= 15 is 0 Å². The van der Waals surface area contributed by atoms with Crippen molar-refractivity contribution in [2.75, 3.05) is 0 Å². The maximum absolute atomic E-state index is 6.43. The third-order valence-corrected chi connectivity index (χ3v) is 13.1. The summed E-state index contributed by atoms with van der Waals surface area (Å²) < 4.78 is 6.43. The van der Waals surface area contributed by atoms with Gasteiger partial charge in [-0.05, 0) is 33.5 Å². The van der Waals surface area contributed by atoms with Crippen LogP contribution in [0.5, 0.6) is 0 Å². The standard InChI is InChI=1S/C63H39N3O/c1-4-17-44(18-5-1)59-56(60(45-19-6-2-7-20-45)66-63(65-59)47-21-8-3-9-22-47)43-34-36-46(37-35-43)58-54-39-38-40-16-10-11-23-48(40)57(54)53-28-14-25-49(61(53)64-58)41-30-32-42(33-31-41)50-26-15-27-52-51-24-12-13-29-55(51)67-62(50)52/h1-39H. The fourth-order valence-electron chi connectivity index (χ4n) is 9.91. The molecule has 0 spiro atoms. The monoisotopic (exact) mass is 853 g/mol. The van der Waals surface area contributed by atoms with Gasteiger partial charge in [-0.2, -0.15) is 0 Å². The summed E-state index contributed by atoms with van der Waals surface area (Å²) in [5.41, 5.74) is 15.9. The van der Waals surface area contributed by atoms with Crippen molar-refractivity contribution in [2.24, 2.45) is 0 Å². The number of para-hydroxylation sites is 3. The second-order valence-corrected chi connectivity index (χ2v) is 17.0. The lowest BCUT2D eigenvalue weighted by molar-refractivity contribution is 0.670. The zero-order valence-corrected chi connectivity index (χ0v) is 36.3. The number of fused-ring (bicyclic) bond motifs is 8. The molecule has 0 N–H and O–H groups in total. The minimum atomic E-state index is 0.687. The van der Waals surface area contributed by atoms with Crippen LogP contribution in [0.25, 0.3) is 133 Å². The molecule has 0 atom stereocenters. The maximum atomic E-state index is 6.43. The number of furan rings is 1. The summed E-state index contributed by atoms with van der Waals surface area (Å²) >= 11 is 0. The smallest absolute Gasteiger partial charge is 0.160 e. The van der Waals surface area contributed by atoms with E-state index in [2.05, 4.69) is 194 Å². The average molecular weight is 854 g/mol. The minimum Gasteiger partial charge on any atom is -0.455 e. The summed E-state index contributed by atoms with van der Waals surface area (Å²) in [7, 11) is 0. The van der Waals surface area contributed by atoms with Gasteiger partial charge in [-0.1, -0.05) is 231 Å². The first-order chi connectivity index (χ1) is 33.2. The first-order valence-corrected chi connectivity index (χ1v) is 22.7. The Morgan fingerprint density at radius 1 is 0.284 bits per heavy atom. The predicted molar refractivity (Wildman–Crippen MR) is 278 cm³/mol. The molecule has 3 aromatic heterocycles. The van der Waals surface area contributed by atoms with E-state index in [0.717, 1.165) is 111 Å². The molecule has 312 valence electrons. The normalized spacial score (nSPS) is 11.6. The van der Waals surface area contributed by atoms with Gasteiger partial charge in [0.15, 0.2) is 5.82 Å². The molecular formula is C63H39N3O. The van der Waals surface area contributed by atoms with Crippen molar-refractivity contribution >= 4 is 54.4 Å². The van der Waals surface area contributed by atoms with Crippen LogP contribution < -0.4 is 0 Å². The Labute approximate surface area is 387 Å². The molecule has 0 aliphatic rings. The SMILES string of the molecule is c1ccc(-c2nc(-c3ccccc3)c(-c3ccc(-c4nc5c(-c6ccc(-c7cccc8c7oc7ccccc78)cc6)cccc5c5c4ccc4ccccc45)cc3)c(-c3ccccc3)n2)cc1. The lowest BCUT2D eigenvalue weighted by Gasteiger charge is -2.18. The lowest BCUT2D eigenvalue weighted by atomic mass is 9.91. The highest BCUT2D eigenvalue weighted by atomic mass is 16.3. The molecule has 10 aromatic carbocycles. The number of rotatable bonds is 7. The van der Waals surface area contributed by atoms with Crippen molar-refractivity contribution in [3.8, 4) is 78.5 Å². The molecule has 0 fully saturated rings. The quantitative estimate of drug-likeness (QED) is 0.150. The summed E-state index contributed by atoms with van der Waals surface area (Å²) in [5, 5.41) is 8.07. The predicted octanol–water partition coefficient (Wildman–Crippen LogP) is 16.9. The Morgan fingerprint density at radius 3 is 1.48 bits per heavy atom. The van der Waals surface area contributed by atoms with Gasteiger partial charge in [0.05, 0.1) is 22.6 Å². The van der Waals surface area contributed by atoms with Crippen molar-refractivity contribution in [1.29, 1.82) is 0 Å². The number of pyridine rings is 1. The number of hydrogen-bond acceptors (Lipinski definition) is 4. The summed E-state index contributed by atoms with van der Waals surface area (Å²) in [4.78, 5) is 16.3. The topological polar surface area (TPSA) is 51.8 Å². The Morgan fingerprint density at radius 2 is 0.791 bits per heavy atom. The van der Waals surface area contributed by atoms with Gasteiger partial charge in [-0.15, -0.1) is 0 Å². The van der Waals surface area contributed by atoms with Crippen LogP contribution in [0.2, 0.25) is 0 Å². The minimum absolute atomic E-state index is 0.687. The summed E-state index contributed by atoms with van der Waals surface area (Å²) in [6.45, 7) is 0. The maximum Gasteiger partial charge on any atom is 0.160 e. The van der Waals surface area contributed by atoms with Crippen LogP contribution in [0, 0.1) is 0 Å². The molecular weight excluding hydrogens is 815 g/mol. The van der Waals surface area contributed by atoms with E-state index in [0.29, 0.717) is 5.82 Å². The Hall–Kier alpha value is -8.99. The van der Waals surface area contributed by atoms with Gasteiger partial charge in [0, 0.05) is 65.9 Å². The molecule has 0 saturated heterocycles. The molecule has 0 aliphatic heterocycles. The van der Waals surface area contributed by atoms with Crippen LogP contribution in [0.1, 0.15) is 0 Å². The molecule has 0 saturated carbocycles. The highest BCUT2D eigenvalue weighted by Crippen LogP contribution is 2.44. The van der Waals surface area contributed by atoms with Gasteiger partial charge in [-0.3, -0.25) is 0 Å². The van der Waals surface area contributed by atoms with Gasteiger partial charge < -0.3 is 4.42 Å². The van der Waals surface area contributed by atoms with Crippen LogP contribution in [0.3, 0.4) is 0 Å². The van der Waals surface area contributed by atoms with Crippen molar-refractivity contribution in [3.63, 3.8) is 0 Å². The van der Waals surface area contributed by atoms with Gasteiger partial charge >= 0.3 is 0 Å². The van der Waals surface area contributed by atoms with Crippen molar-refractivity contribution < 1.29 is 4.42 Å². The van der Waals surface area contributed by atoms with E-state index in [9.17, 15) is 0 Å². The van der Waals surface area contributed by atoms with Crippen molar-refractivity contribution in [3.05, 3.63) is 237 Å². The molecule has 0 unspecified atom stereocenters. The van der Waals surface area contributed by atoms with Crippen molar-refractivity contribution in [1.82, 2.24) is 15.0 Å². The van der Waals surface area contributed by atoms with Crippen LogP contribution in [0.15, 0.2) is 241 Å². The highest BCUT2D eigenvalue weighted by molar-refractivity contribution is 6.24. The molecule has 67 heavy (non-hydrogen) atoms. The van der Waals surface area contributed by atoms with E-state index in [4.69, 9.17) is 19.4 Å².